The fourth-order valence-corrected chi connectivity index (χ4v) is 3.17. The van der Waals surface area contributed by atoms with Gasteiger partial charge in [0.25, 0.3) is 5.91 Å². The van der Waals surface area contributed by atoms with Crippen LogP contribution in [-0.4, -0.2) is 34.5 Å². The molecule has 3 rings (SSSR count). The van der Waals surface area contributed by atoms with Gasteiger partial charge in [0.05, 0.1) is 4.92 Å². The number of nitrogens with zero attached hydrogens (tertiary/aromatic N) is 2. The normalized spacial score (nSPS) is 19.1. The minimum atomic E-state index is -0.437. The van der Waals surface area contributed by atoms with Crippen LogP contribution in [0.2, 0.25) is 0 Å². The van der Waals surface area contributed by atoms with Crippen LogP contribution >= 0.6 is 0 Å². The van der Waals surface area contributed by atoms with Gasteiger partial charge in [-0.15, -0.1) is 0 Å². The van der Waals surface area contributed by atoms with Crippen molar-refractivity contribution in [3.05, 3.63) is 58.8 Å². The fourth-order valence-electron chi connectivity index (χ4n) is 3.17. The summed E-state index contributed by atoms with van der Waals surface area (Å²) >= 11 is 0. The number of hydrogen-bond donors (Lipinski definition) is 2. The Labute approximate surface area is 157 Å². The van der Waals surface area contributed by atoms with Gasteiger partial charge in [0, 0.05) is 24.3 Å². The Balaban J connectivity index is 1.42. The SMILES string of the molecule is O=C(COc1ccccc1)NC1CCC(Nc2ncccc2[N+](=O)[O-])CC1. The Morgan fingerprint density at radius 1 is 1.11 bits per heavy atom. The van der Waals surface area contributed by atoms with E-state index in [1.165, 1.54) is 12.3 Å². The lowest BCUT2D eigenvalue weighted by atomic mass is 9.91. The Morgan fingerprint density at radius 3 is 2.52 bits per heavy atom. The molecule has 1 heterocycles. The molecule has 0 atom stereocenters. The molecule has 0 aliphatic heterocycles. The summed E-state index contributed by atoms with van der Waals surface area (Å²) < 4.78 is 5.45. The van der Waals surface area contributed by atoms with Crippen molar-refractivity contribution in [3.8, 4) is 5.75 Å². The molecule has 8 nitrogen and oxygen atoms in total. The first-order valence-electron chi connectivity index (χ1n) is 8.95. The number of pyridine rings is 1. The molecule has 142 valence electrons. The first-order chi connectivity index (χ1) is 13.1. The minimum Gasteiger partial charge on any atom is -0.484 e. The summed E-state index contributed by atoms with van der Waals surface area (Å²) in [6, 6.07) is 12.4. The number of rotatable bonds is 7. The summed E-state index contributed by atoms with van der Waals surface area (Å²) in [6.07, 6.45) is 4.75. The molecule has 1 aliphatic rings. The molecule has 1 aromatic heterocycles. The molecule has 0 radical (unpaired) electrons. The molecule has 8 heteroatoms. The van der Waals surface area contributed by atoms with Crippen LogP contribution in [0.15, 0.2) is 48.7 Å². The van der Waals surface area contributed by atoms with Gasteiger partial charge >= 0.3 is 5.69 Å². The number of nitro groups is 1. The predicted octanol–water partition coefficient (Wildman–Crippen LogP) is 2.91. The molecule has 2 aromatic rings. The molecule has 0 spiro atoms. The number of anilines is 1. The van der Waals surface area contributed by atoms with E-state index in [0.717, 1.165) is 25.7 Å². The van der Waals surface area contributed by atoms with Crippen molar-refractivity contribution in [1.29, 1.82) is 0 Å². The monoisotopic (exact) mass is 370 g/mol. The van der Waals surface area contributed by atoms with Crippen molar-refractivity contribution < 1.29 is 14.5 Å². The molecular formula is C19H22N4O4. The molecular weight excluding hydrogens is 348 g/mol. The second kappa shape index (κ2) is 8.98. The van der Waals surface area contributed by atoms with Gasteiger partial charge in [-0.3, -0.25) is 14.9 Å². The highest BCUT2D eigenvalue weighted by atomic mass is 16.6. The van der Waals surface area contributed by atoms with E-state index in [4.69, 9.17) is 4.74 Å². The maximum Gasteiger partial charge on any atom is 0.311 e. The Hall–Kier alpha value is -3.16. The number of aromatic nitrogens is 1. The van der Waals surface area contributed by atoms with Gasteiger partial charge in [-0.05, 0) is 43.9 Å². The van der Waals surface area contributed by atoms with Gasteiger partial charge in [0.1, 0.15) is 5.75 Å². The first-order valence-corrected chi connectivity index (χ1v) is 8.95. The van der Waals surface area contributed by atoms with E-state index in [0.29, 0.717) is 11.6 Å². The molecule has 1 fully saturated rings. The Kier molecular flexibility index (Phi) is 6.19. The average molecular weight is 370 g/mol. The molecule has 27 heavy (non-hydrogen) atoms. The zero-order chi connectivity index (χ0) is 19.1. The minimum absolute atomic E-state index is 0.0116. The summed E-state index contributed by atoms with van der Waals surface area (Å²) in [4.78, 5) is 26.7. The predicted molar refractivity (Wildman–Crippen MR) is 101 cm³/mol. The second-order valence-corrected chi connectivity index (χ2v) is 6.49. The smallest absolute Gasteiger partial charge is 0.311 e. The van der Waals surface area contributed by atoms with Crippen LogP contribution in [0.25, 0.3) is 0 Å². The highest BCUT2D eigenvalue weighted by Crippen LogP contribution is 2.26. The van der Waals surface area contributed by atoms with Gasteiger partial charge in [0.15, 0.2) is 6.61 Å². The molecule has 0 saturated heterocycles. The fraction of sp³-hybridized carbons (Fsp3) is 0.368. The van der Waals surface area contributed by atoms with Crippen LogP contribution < -0.4 is 15.4 Å². The quantitative estimate of drug-likeness (QED) is 0.573. The van der Waals surface area contributed by atoms with Crippen LogP contribution in [0.3, 0.4) is 0 Å². The summed E-state index contributed by atoms with van der Waals surface area (Å²) in [5.74, 6) is 0.819. The topological polar surface area (TPSA) is 106 Å². The molecule has 1 amide bonds. The number of nitrogens with one attached hydrogen (secondary N) is 2. The maximum atomic E-state index is 12.0. The highest BCUT2D eigenvalue weighted by Gasteiger charge is 2.25. The summed E-state index contributed by atoms with van der Waals surface area (Å²) in [5, 5.41) is 17.2. The highest BCUT2D eigenvalue weighted by molar-refractivity contribution is 5.77. The van der Waals surface area contributed by atoms with Crippen molar-refractivity contribution in [3.63, 3.8) is 0 Å². The number of carbonyl (C=O) groups excluding carboxylic acids is 1. The summed E-state index contributed by atoms with van der Waals surface area (Å²) in [5.41, 5.74) is -0.0222. The third kappa shape index (κ3) is 5.40. The van der Waals surface area contributed by atoms with Crippen molar-refractivity contribution in [2.24, 2.45) is 0 Å². The maximum absolute atomic E-state index is 12.0. The average Bonchev–Trinajstić information content (AvgIpc) is 2.69. The third-order valence-corrected chi connectivity index (χ3v) is 4.53. The van der Waals surface area contributed by atoms with Gasteiger partial charge < -0.3 is 15.4 Å². The molecule has 0 bridgehead atoms. The molecule has 1 aromatic carbocycles. The summed E-state index contributed by atoms with van der Waals surface area (Å²) in [7, 11) is 0. The summed E-state index contributed by atoms with van der Waals surface area (Å²) in [6.45, 7) is -0.0116. The number of carbonyl (C=O) groups is 1. The Bertz CT molecular complexity index is 776. The zero-order valence-electron chi connectivity index (χ0n) is 14.8. The third-order valence-electron chi connectivity index (χ3n) is 4.53. The van der Waals surface area contributed by atoms with E-state index in [-0.39, 0.29) is 30.3 Å². The van der Waals surface area contributed by atoms with Crippen LogP contribution in [0, 0.1) is 10.1 Å². The molecule has 0 unspecified atom stereocenters. The first kappa shape index (κ1) is 18.6. The largest absolute Gasteiger partial charge is 0.484 e. The van der Waals surface area contributed by atoms with Crippen molar-refractivity contribution >= 4 is 17.4 Å². The van der Waals surface area contributed by atoms with E-state index in [1.54, 1.807) is 18.2 Å². The van der Waals surface area contributed by atoms with E-state index in [9.17, 15) is 14.9 Å². The lowest BCUT2D eigenvalue weighted by Gasteiger charge is -2.29. The lowest BCUT2D eigenvalue weighted by Crippen LogP contribution is -2.42. The van der Waals surface area contributed by atoms with Gasteiger partial charge in [-0.1, -0.05) is 18.2 Å². The van der Waals surface area contributed by atoms with E-state index in [2.05, 4.69) is 15.6 Å². The van der Waals surface area contributed by atoms with Gasteiger partial charge in [-0.2, -0.15) is 0 Å². The molecule has 1 saturated carbocycles. The van der Waals surface area contributed by atoms with Gasteiger partial charge in [-0.25, -0.2) is 4.98 Å². The van der Waals surface area contributed by atoms with Crippen LogP contribution in [0.4, 0.5) is 11.5 Å². The zero-order valence-corrected chi connectivity index (χ0v) is 14.8. The van der Waals surface area contributed by atoms with Crippen LogP contribution in [-0.2, 0) is 4.79 Å². The van der Waals surface area contributed by atoms with E-state index < -0.39 is 4.92 Å². The van der Waals surface area contributed by atoms with E-state index >= 15 is 0 Å². The van der Waals surface area contributed by atoms with Crippen molar-refractivity contribution in [2.45, 2.75) is 37.8 Å². The van der Waals surface area contributed by atoms with Crippen molar-refractivity contribution in [1.82, 2.24) is 10.3 Å². The van der Waals surface area contributed by atoms with E-state index in [1.807, 2.05) is 18.2 Å². The second-order valence-electron chi connectivity index (χ2n) is 6.49. The molecule has 2 N–H and O–H groups in total. The number of hydrogen-bond acceptors (Lipinski definition) is 6. The number of amides is 1. The van der Waals surface area contributed by atoms with Crippen LogP contribution in [0.5, 0.6) is 5.75 Å². The van der Waals surface area contributed by atoms with Crippen LogP contribution in [0.1, 0.15) is 25.7 Å². The molecule has 1 aliphatic carbocycles. The number of benzene rings is 1. The standard InChI is InChI=1S/C19H22N4O4/c24-18(13-27-16-5-2-1-3-6-16)21-14-8-10-15(11-9-14)22-19-17(23(25)26)7-4-12-20-19/h1-7,12,14-15H,8-11,13H2,(H,20,22)(H,21,24). The van der Waals surface area contributed by atoms with Crippen molar-refractivity contribution in [2.75, 3.05) is 11.9 Å². The lowest BCUT2D eigenvalue weighted by molar-refractivity contribution is -0.384. The van der Waals surface area contributed by atoms with Gasteiger partial charge in [0.2, 0.25) is 5.82 Å². The number of para-hydroxylation sites is 1. The number of ether oxygens (including phenoxy) is 1. The Morgan fingerprint density at radius 2 is 1.81 bits per heavy atom.